The van der Waals surface area contributed by atoms with Crippen LogP contribution in [0.25, 0.3) is 0 Å². The molecule has 0 amide bonds. The van der Waals surface area contributed by atoms with Crippen molar-refractivity contribution in [3.63, 3.8) is 0 Å². The van der Waals surface area contributed by atoms with Crippen molar-refractivity contribution in [2.24, 2.45) is 0 Å². The molecule has 2 aromatic carbocycles. The fourth-order valence-corrected chi connectivity index (χ4v) is 5.54. The number of halogens is 2. The summed E-state index contributed by atoms with van der Waals surface area (Å²) in [6, 6.07) is 9.19. The minimum absolute atomic E-state index is 0.0417. The fraction of sp³-hybridized carbons (Fsp3) is 0.294. The van der Waals surface area contributed by atoms with Crippen LogP contribution < -0.4 is 4.72 Å². The molecule has 0 fully saturated rings. The summed E-state index contributed by atoms with van der Waals surface area (Å²) in [7, 11) is -1.35. The van der Waals surface area contributed by atoms with Crippen LogP contribution >= 0.6 is 23.2 Å². The quantitative estimate of drug-likeness (QED) is 0.822. The lowest BCUT2D eigenvalue weighted by molar-refractivity contribution is 0.294. The molecule has 126 valence electrons. The number of nitrogens with one attached hydrogen (secondary N) is 1. The highest BCUT2D eigenvalue weighted by molar-refractivity contribution is 7.89. The van der Waals surface area contributed by atoms with Crippen LogP contribution in [-0.4, -0.2) is 26.9 Å². The third-order valence-corrected chi connectivity index (χ3v) is 6.81. The second kappa shape index (κ2) is 5.71. The number of sulfonamides is 1. The van der Waals surface area contributed by atoms with Gasteiger partial charge in [-0.15, -0.1) is 0 Å². The molecular formula is C17H16Cl2N2O2S. The highest BCUT2D eigenvalue weighted by Gasteiger charge is 2.33. The van der Waals surface area contributed by atoms with Crippen LogP contribution in [0.5, 0.6) is 0 Å². The molecule has 2 aliphatic rings. The first-order chi connectivity index (χ1) is 11.4. The van der Waals surface area contributed by atoms with Crippen molar-refractivity contribution in [1.82, 2.24) is 9.62 Å². The topological polar surface area (TPSA) is 49.4 Å². The van der Waals surface area contributed by atoms with Crippen molar-refractivity contribution in [1.29, 1.82) is 0 Å². The van der Waals surface area contributed by atoms with Crippen LogP contribution in [-0.2, 0) is 23.1 Å². The van der Waals surface area contributed by atoms with Gasteiger partial charge in [-0.1, -0.05) is 35.3 Å². The standard InChI is InChI=1S/C17H16Cl2N2O2S/c1-21-8-14(12-5-10(18)6-16(19)15(12)9-21)11-3-2-4-17-13(11)7-20-24(17,22)23/h2-6,14,20H,7-9H2,1H3. The zero-order valence-electron chi connectivity index (χ0n) is 13.0. The van der Waals surface area contributed by atoms with E-state index in [-0.39, 0.29) is 5.92 Å². The highest BCUT2D eigenvalue weighted by atomic mass is 35.5. The predicted molar refractivity (Wildman–Crippen MR) is 95.1 cm³/mol. The van der Waals surface area contributed by atoms with Gasteiger partial charge in [-0.2, -0.15) is 0 Å². The van der Waals surface area contributed by atoms with Crippen LogP contribution in [0, 0.1) is 0 Å². The zero-order valence-corrected chi connectivity index (χ0v) is 15.3. The summed E-state index contributed by atoms with van der Waals surface area (Å²) in [6.45, 7) is 1.88. The van der Waals surface area contributed by atoms with Gasteiger partial charge in [-0.3, -0.25) is 0 Å². The van der Waals surface area contributed by atoms with Gasteiger partial charge < -0.3 is 4.90 Å². The maximum Gasteiger partial charge on any atom is 0.241 e. The lowest BCUT2D eigenvalue weighted by atomic mass is 9.82. The van der Waals surface area contributed by atoms with Crippen LogP contribution in [0.4, 0.5) is 0 Å². The SMILES string of the molecule is CN1Cc2c(Cl)cc(Cl)cc2C(c2cccc3c2CNS3(=O)=O)C1. The van der Waals surface area contributed by atoms with E-state index in [9.17, 15) is 8.42 Å². The van der Waals surface area contributed by atoms with E-state index < -0.39 is 10.0 Å². The molecule has 2 aliphatic heterocycles. The molecule has 1 atom stereocenters. The van der Waals surface area contributed by atoms with E-state index in [0.717, 1.165) is 35.3 Å². The number of likely N-dealkylation sites (N-methyl/N-ethyl adjacent to an activating group) is 1. The first kappa shape index (κ1) is 16.4. The van der Waals surface area contributed by atoms with Gasteiger partial charge in [-0.05, 0) is 47.5 Å². The maximum atomic E-state index is 12.1. The molecular weight excluding hydrogens is 367 g/mol. The Kier molecular flexibility index (Phi) is 3.90. The second-order valence-electron chi connectivity index (χ2n) is 6.35. The molecule has 0 saturated heterocycles. The van der Waals surface area contributed by atoms with Crippen molar-refractivity contribution in [3.8, 4) is 0 Å². The summed E-state index contributed by atoms with van der Waals surface area (Å²) in [6.07, 6.45) is 0. The van der Waals surface area contributed by atoms with Gasteiger partial charge in [-0.25, -0.2) is 13.1 Å². The average Bonchev–Trinajstić information content (AvgIpc) is 2.83. The number of nitrogens with zero attached hydrogens (tertiary/aromatic N) is 1. The van der Waals surface area contributed by atoms with Gasteiger partial charge in [0.1, 0.15) is 0 Å². The molecule has 0 aromatic heterocycles. The minimum atomic E-state index is -3.39. The number of hydrogen-bond donors (Lipinski definition) is 1. The van der Waals surface area contributed by atoms with E-state index >= 15 is 0 Å². The Morgan fingerprint density at radius 1 is 1.17 bits per heavy atom. The third-order valence-electron chi connectivity index (χ3n) is 4.77. The Balaban J connectivity index is 1.93. The molecule has 0 spiro atoms. The minimum Gasteiger partial charge on any atom is -0.301 e. The Morgan fingerprint density at radius 2 is 1.96 bits per heavy atom. The Hall–Kier alpha value is -1.11. The van der Waals surface area contributed by atoms with E-state index in [1.54, 1.807) is 18.2 Å². The number of benzene rings is 2. The van der Waals surface area contributed by atoms with Gasteiger partial charge in [0.15, 0.2) is 0 Å². The Bertz CT molecular complexity index is 944. The molecule has 0 radical (unpaired) electrons. The highest BCUT2D eigenvalue weighted by Crippen LogP contribution is 2.41. The first-order valence-electron chi connectivity index (χ1n) is 7.64. The Morgan fingerprint density at radius 3 is 2.75 bits per heavy atom. The largest absolute Gasteiger partial charge is 0.301 e. The number of fused-ring (bicyclic) bond motifs is 2. The molecule has 2 aromatic rings. The molecule has 24 heavy (non-hydrogen) atoms. The first-order valence-corrected chi connectivity index (χ1v) is 9.88. The van der Waals surface area contributed by atoms with Gasteiger partial charge >= 0.3 is 0 Å². The molecule has 1 unspecified atom stereocenters. The normalized spacial score (nSPS) is 22.2. The van der Waals surface area contributed by atoms with Crippen molar-refractivity contribution >= 4 is 33.2 Å². The summed E-state index contributed by atoms with van der Waals surface area (Å²) in [5.74, 6) is 0.0417. The van der Waals surface area contributed by atoms with Crippen molar-refractivity contribution in [2.45, 2.75) is 23.9 Å². The van der Waals surface area contributed by atoms with E-state index in [4.69, 9.17) is 23.2 Å². The van der Waals surface area contributed by atoms with Crippen molar-refractivity contribution in [2.75, 3.05) is 13.6 Å². The molecule has 1 N–H and O–H groups in total. The monoisotopic (exact) mass is 382 g/mol. The molecule has 7 heteroatoms. The number of hydrogen-bond acceptors (Lipinski definition) is 3. The zero-order chi connectivity index (χ0) is 17.1. The van der Waals surface area contributed by atoms with Crippen molar-refractivity contribution in [3.05, 3.63) is 62.6 Å². The number of rotatable bonds is 1. The van der Waals surface area contributed by atoms with Crippen molar-refractivity contribution < 1.29 is 8.42 Å². The molecule has 0 saturated carbocycles. The molecule has 4 rings (SSSR count). The van der Waals surface area contributed by atoms with E-state index in [0.29, 0.717) is 21.5 Å². The van der Waals surface area contributed by atoms with Crippen LogP contribution in [0.1, 0.15) is 28.2 Å². The van der Waals surface area contributed by atoms with Crippen LogP contribution in [0.3, 0.4) is 0 Å². The second-order valence-corrected chi connectivity index (χ2v) is 8.93. The predicted octanol–water partition coefficient (Wildman–Crippen LogP) is 3.36. The van der Waals surface area contributed by atoms with Crippen LogP contribution in [0.2, 0.25) is 10.0 Å². The molecule has 2 heterocycles. The summed E-state index contributed by atoms with van der Waals surface area (Å²) in [5, 5.41) is 1.26. The summed E-state index contributed by atoms with van der Waals surface area (Å²) >= 11 is 12.6. The summed E-state index contributed by atoms with van der Waals surface area (Å²) in [5.41, 5.74) is 4.02. The summed E-state index contributed by atoms with van der Waals surface area (Å²) < 4.78 is 26.9. The van der Waals surface area contributed by atoms with Crippen LogP contribution in [0.15, 0.2) is 35.2 Å². The van der Waals surface area contributed by atoms with Gasteiger partial charge in [0.05, 0.1) is 4.90 Å². The van der Waals surface area contributed by atoms with Gasteiger partial charge in [0.25, 0.3) is 0 Å². The average molecular weight is 383 g/mol. The lowest BCUT2D eigenvalue weighted by Crippen LogP contribution is -2.31. The molecule has 0 bridgehead atoms. The Labute approximate surface area is 151 Å². The van der Waals surface area contributed by atoms with E-state index in [1.807, 2.05) is 19.2 Å². The smallest absolute Gasteiger partial charge is 0.241 e. The fourth-order valence-electron chi connectivity index (χ4n) is 3.71. The third kappa shape index (κ3) is 2.55. The van der Waals surface area contributed by atoms with Gasteiger partial charge in [0, 0.05) is 35.6 Å². The maximum absolute atomic E-state index is 12.1. The van der Waals surface area contributed by atoms with E-state index in [2.05, 4.69) is 9.62 Å². The molecule has 0 aliphatic carbocycles. The van der Waals surface area contributed by atoms with Gasteiger partial charge in [0.2, 0.25) is 10.0 Å². The molecule has 4 nitrogen and oxygen atoms in total. The lowest BCUT2D eigenvalue weighted by Gasteiger charge is -2.34. The van der Waals surface area contributed by atoms with E-state index in [1.165, 1.54) is 0 Å². The summed E-state index contributed by atoms with van der Waals surface area (Å²) in [4.78, 5) is 2.58.